The molecule has 0 bridgehead atoms. The molecule has 3 rings (SSSR count). The number of thioether (sulfide) groups is 1. The number of hydrogen-bond acceptors (Lipinski definition) is 6. The van der Waals surface area contributed by atoms with Crippen LogP contribution in [0.25, 0.3) is 0 Å². The number of rotatable bonds is 5. The SMILES string of the molecule is CSc1ncc(C(=O)Nc2c(Cl)cccc2Cl)c(Nc2ccn(C)n2)n1. The molecule has 0 aliphatic heterocycles. The van der Waals surface area contributed by atoms with Crippen LogP contribution in [0.3, 0.4) is 0 Å². The van der Waals surface area contributed by atoms with Crippen molar-refractivity contribution in [2.24, 2.45) is 7.05 Å². The lowest BCUT2D eigenvalue weighted by atomic mass is 10.2. The van der Waals surface area contributed by atoms with Gasteiger partial charge < -0.3 is 10.6 Å². The fourth-order valence-electron chi connectivity index (χ4n) is 2.13. The van der Waals surface area contributed by atoms with E-state index in [1.54, 1.807) is 42.2 Å². The summed E-state index contributed by atoms with van der Waals surface area (Å²) in [5.41, 5.74) is 0.572. The number of halogens is 2. The highest BCUT2D eigenvalue weighted by Crippen LogP contribution is 2.31. The third kappa shape index (κ3) is 4.09. The highest BCUT2D eigenvalue weighted by molar-refractivity contribution is 7.98. The number of anilines is 3. The minimum absolute atomic E-state index is 0.240. The first kappa shape index (κ1) is 18.5. The van der Waals surface area contributed by atoms with E-state index in [0.717, 1.165) is 0 Å². The van der Waals surface area contributed by atoms with Crippen LogP contribution in [0, 0.1) is 0 Å². The van der Waals surface area contributed by atoms with Crippen LogP contribution in [0.2, 0.25) is 10.0 Å². The average molecular weight is 409 g/mol. The number of carbonyl (C=O) groups excluding carboxylic acids is 1. The van der Waals surface area contributed by atoms with Gasteiger partial charge in [-0.15, -0.1) is 0 Å². The van der Waals surface area contributed by atoms with E-state index in [1.165, 1.54) is 18.0 Å². The molecule has 0 radical (unpaired) electrons. The summed E-state index contributed by atoms with van der Waals surface area (Å²) in [6.07, 6.45) is 5.08. The van der Waals surface area contributed by atoms with E-state index in [2.05, 4.69) is 25.7 Å². The highest BCUT2D eigenvalue weighted by atomic mass is 35.5. The number of nitrogens with one attached hydrogen (secondary N) is 2. The van der Waals surface area contributed by atoms with E-state index in [1.807, 2.05) is 6.26 Å². The number of nitrogens with zero attached hydrogens (tertiary/aromatic N) is 4. The molecule has 10 heteroatoms. The molecular weight excluding hydrogens is 395 g/mol. The summed E-state index contributed by atoms with van der Waals surface area (Å²) < 4.78 is 1.64. The zero-order valence-corrected chi connectivity index (χ0v) is 16.2. The van der Waals surface area contributed by atoms with E-state index in [9.17, 15) is 4.79 Å². The maximum absolute atomic E-state index is 12.8. The molecule has 26 heavy (non-hydrogen) atoms. The fraction of sp³-hybridized carbons (Fsp3) is 0.125. The second-order valence-corrected chi connectivity index (χ2v) is 6.76. The summed E-state index contributed by atoms with van der Waals surface area (Å²) in [6, 6.07) is 6.76. The van der Waals surface area contributed by atoms with E-state index in [0.29, 0.717) is 32.5 Å². The second kappa shape index (κ2) is 7.94. The minimum atomic E-state index is -0.439. The van der Waals surface area contributed by atoms with Crippen molar-refractivity contribution in [3.05, 3.63) is 52.3 Å². The van der Waals surface area contributed by atoms with Crippen LogP contribution in [0.15, 0.2) is 41.8 Å². The quantitative estimate of drug-likeness (QED) is 0.485. The predicted molar refractivity (Wildman–Crippen MR) is 105 cm³/mol. The summed E-state index contributed by atoms with van der Waals surface area (Å²) in [4.78, 5) is 21.3. The standard InChI is InChI=1S/C16H14Cl2N6OS/c1-24-7-6-12(23-24)20-14-9(8-19-16(22-14)26-2)15(25)21-13-10(17)4-3-5-11(13)18/h3-8H,1-2H3,(H,21,25)(H,19,20,22,23). The van der Waals surface area contributed by atoms with Gasteiger partial charge in [-0.1, -0.05) is 41.0 Å². The van der Waals surface area contributed by atoms with Crippen molar-refractivity contribution >= 4 is 58.2 Å². The molecule has 2 heterocycles. The van der Waals surface area contributed by atoms with Crippen molar-refractivity contribution in [3.8, 4) is 0 Å². The van der Waals surface area contributed by atoms with Gasteiger partial charge in [-0.2, -0.15) is 5.10 Å². The topological polar surface area (TPSA) is 84.7 Å². The summed E-state index contributed by atoms with van der Waals surface area (Å²) in [7, 11) is 1.80. The van der Waals surface area contributed by atoms with Gasteiger partial charge in [-0.05, 0) is 18.4 Å². The van der Waals surface area contributed by atoms with Crippen LogP contribution in [-0.2, 0) is 7.05 Å². The Morgan fingerprint density at radius 3 is 2.58 bits per heavy atom. The van der Waals surface area contributed by atoms with E-state index in [-0.39, 0.29) is 5.56 Å². The van der Waals surface area contributed by atoms with E-state index < -0.39 is 5.91 Å². The van der Waals surface area contributed by atoms with Crippen molar-refractivity contribution in [3.63, 3.8) is 0 Å². The van der Waals surface area contributed by atoms with Gasteiger partial charge in [0.2, 0.25) is 0 Å². The average Bonchev–Trinajstić information content (AvgIpc) is 3.03. The zero-order valence-electron chi connectivity index (χ0n) is 13.8. The maximum Gasteiger partial charge on any atom is 0.261 e. The van der Waals surface area contributed by atoms with Gasteiger partial charge in [-0.25, -0.2) is 9.97 Å². The molecule has 7 nitrogen and oxygen atoms in total. The van der Waals surface area contributed by atoms with E-state index in [4.69, 9.17) is 23.2 Å². The molecule has 0 atom stereocenters. The molecule has 0 aliphatic rings. The van der Waals surface area contributed by atoms with Gasteiger partial charge in [0.15, 0.2) is 11.0 Å². The number of aromatic nitrogens is 4. The van der Waals surface area contributed by atoms with Gasteiger partial charge in [0, 0.05) is 25.5 Å². The van der Waals surface area contributed by atoms with Crippen molar-refractivity contribution in [2.45, 2.75) is 5.16 Å². The van der Waals surface area contributed by atoms with Crippen molar-refractivity contribution in [1.82, 2.24) is 19.7 Å². The molecule has 0 spiro atoms. The van der Waals surface area contributed by atoms with Gasteiger partial charge >= 0.3 is 0 Å². The Kier molecular flexibility index (Phi) is 5.65. The lowest BCUT2D eigenvalue weighted by Gasteiger charge is -2.12. The first-order valence-corrected chi connectivity index (χ1v) is 9.39. The third-order valence-corrected chi connectivity index (χ3v) is 4.55. The Balaban J connectivity index is 1.94. The van der Waals surface area contributed by atoms with E-state index >= 15 is 0 Å². The number of benzene rings is 1. The smallest absolute Gasteiger partial charge is 0.261 e. The Bertz CT molecular complexity index is 941. The highest BCUT2D eigenvalue weighted by Gasteiger charge is 2.18. The number of para-hydroxylation sites is 1. The normalized spacial score (nSPS) is 10.6. The number of aryl methyl sites for hydroxylation is 1. The Hall–Kier alpha value is -2.29. The lowest BCUT2D eigenvalue weighted by molar-refractivity contribution is 0.102. The van der Waals surface area contributed by atoms with Gasteiger partial charge in [0.1, 0.15) is 11.4 Å². The van der Waals surface area contributed by atoms with Gasteiger partial charge in [0.05, 0.1) is 15.7 Å². The van der Waals surface area contributed by atoms with Crippen LogP contribution >= 0.6 is 35.0 Å². The Morgan fingerprint density at radius 1 is 1.23 bits per heavy atom. The summed E-state index contributed by atoms with van der Waals surface area (Å²) in [6.45, 7) is 0. The number of carbonyl (C=O) groups is 1. The minimum Gasteiger partial charge on any atom is -0.323 e. The molecule has 0 saturated carbocycles. The van der Waals surface area contributed by atoms with Crippen molar-refractivity contribution in [1.29, 1.82) is 0 Å². The first-order chi connectivity index (χ1) is 12.5. The summed E-state index contributed by atoms with van der Waals surface area (Å²) >= 11 is 13.6. The van der Waals surface area contributed by atoms with Gasteiger partial charge in [-0.3, -0.25) is 9.48 Å². The molecule has 0 fully saturated rings. The molecule has 0 unspecified atom stereocenters. The van der Waals surface area contributed by atoms with Crippen LogP contribution in [0.4, 0.5) is 17.3 Å². The predicted octanol–water partition coefficient (Wildman–Crippen LogP) is 4.23. The lowest BCUT2D eigenvalue weighted by Crippen LogP contribution is -2.16. The molecule has 2 N–H and O–H groups in total. The second-order valence-electron chi connectivity index (χ2n) is 5.17. The molecule has 0 aliphatic carbocycles. The first-order valence-electron chi connectivity index (χ1n) is 7.41. The molecule has 3 aromatic rings. The molecule has 0 saturated heterocycles. The number of hydrogen-bond donors (Lipinski definition) is 2. The molecule has 1 aromatic carbocycles. The van der Waals surface area contributed by atoms with Crippen LogP contribution in [0.5, 0.6) is 0 Å². The maximum atomic E-state index is 12.8. The molecule has 1 amide bonds. The van der Waals surface area contributed by atoms with Gasteiger partial charge in [0.25, 0.3) is 5.91 Å². The third-order valence-electron chi connectivity index (χ3n) is 3.36. The number of amides is 1. The fourth-order valence-corrected chi connectivity index (χ4v) is 2.96. The molecule has 2 aromatic heterocycles. The summed E-state index contributed by atoms with van der Waals surface area (Å²) in [5, 5.41) is 11.2. The Labute approximate surface area is 164 Å². The van der Waals surface area contributed by atoms with Crippen molar-refractivity contribution in [2.75, 3.05) is 16.9 Å². The zero-order chi connectivity index (χ0) is 18.7. The van der Waals surface area contributed by atoms with Crippen LogP contribution < -0.4 is 10.6 Å². The monoisotopic (exact) mass is 408 g/mol. The van der Waals surface area contributed by atoms with Crippen LogP contribution in [-0.4, -0.2) is 31.9 Å². The van der Waals surface area contributed by atoms with Crippen LogP contribution in [0.1, 0.15) is 10.4 Å². The molecular formula is C16H14Cl2N6OS. The largest absolute Gasteiger partial charge is 0.323 e. The molecule has 134 valence electrons. The summed E-state index contributed by atoms with van der Waals surface area (Å²) in [5.74, 6) is 0.456. The Morgan fingerprint density at radius 2 is 1.96 bits per heavy atom. The van der Waals surface area contributed by atoms with Crippen molar-refractivity contribution < 1.29 is 4.79 Å².